The summed E-state index contributed by atoms with van der Waals surface area (Å²) in [7, 11) is 0. The molecule has 1 fully saturated rings. The van der Waals surface area contributed by atoms with Gasteiger partial charge in [0.15, 0.2) is 0 Å². The molecule has 2 heterocycles. The Bertz CT molecular complexity index is 723. The van der Waals surface area contributed by atoms with Gasteiger partial charge in [-0.3, -0.25) is 20.2 Å². The summed E-state index contributed by atoms with van der Waals surface area (Å²) in [6, 6.07) is 4.13. The molecule has 1 aliphatic rings. The average Bonchev–Trinajstić information content (AvgIpc) is 3.09. The van der Waals surface area contributed by atoms with Crippen molar-refractivity contribution >= 4 is 17.1 Å². The zero-order valence-electron chi connectivity index (χ0n) is 12.2. The summed E-state index contributed by atoms with van der Waals surface area (Å²) in [5.41, 5.74) is -0.0567. The number of benzene rings is 1. The van der Waals surface area contributed by atoms with Gasteiger partial charge in [-0.15, -0.1) is 0 Å². The molecule has 0 radical (unpaired) electrons. The molecule has 120 valence electrons. The van der Waals surface area contributed by atoms with E-state index in [4.69, 9.17) is 0 Å². The van der Waals surface area contributed by atoms with Gasteiger partial charge < -0.3 is 9.47 Å². The van der Waals surface area contributed by atoms with Crippen molar-refractivity contribution in [2.24, 2.45) is 0 Å². The van der Waals surface area contributed by atoms with Crippen LogP contribution in [0, 0.1) is 20.2 Å². The van der Waals surface area contributed by atoms with E-state index in [1.165, 1.54) is 12.1 Å². The van der Waals surface area contributed by atoms with Gasteiger partial charge in [0.2, 0.25) is 0 Å². The summed E-state index contributed by atoms with van der Waals surface area (Å²) in [5.74, 6) is 0. The first-order valence-corrected chi connectivity index (χ1v) is 7.21. The molecule has 0 saturated carbocycles. The molecule has 23 heavy (non-hydrogen) atoms. The molecular weight excluding hydrogens is 302 g/mol. The number of hydrogen-bond donors (Lipinski definition) is 0. The summed E-state index contributed by atoms with van der Waals surface area (Å²) < 4.78 is 2.04. The molecule has 0 N–H and O–H groups in total. The van der Waals surface area contributed by atoms with E-state index in [-0.39, 0.29) is 11.4 Å². The highest BCUT2D eigenvalue weighted by Gasteiger charge is 2.27. The monoisotopic (exact) mass is 317 g/mol. The van der Waals surface area contributed by atoms with Gasteiger partial charge in [-0.05, 0) is 18.9 Å². The van der Waals surface area contributed by atoms with Crippen molar-refractivity contribution in [3.05, 3.63) is 57.1 Å². The van der Waals surface area contributed by atoms with Crippen LogP contribution < -0.4 is 4.90 Å². The number of aromatic nitrogens is 2. The molecule has 1 saturated heterocycles. The Morgan fingerprint density at radius 1 is 1.13 bits per heavy atom. The Kier molecular flexibility index (Phi) is 3.92. The predicted octanol–water partition coefficient (Wildman–Crippen LogP) is 2.54. The van der Waals surface area contributed by atoms with Crippen LogP contribution in [-0.2, 0) is 0 Å². The van der Waals surface area contributed by atoms with Crippen LogP contribution in [0.1, 0.15) is 18.9 Å². The first kappa shape index (κ1) is 14.9. The zero-order valence-corrected chi connectivity index (χ0v) is 12.2. The van der Waals surface area contributed by atoms with E-state index in [0.717, 1.165) is 18.9 Å². The van der Waals surface area contributed by atoms with Crippen LogP contribution >= 0.6 is 0 Å². The Hall–Kier alpha value is -2.97. The summed E-state index contributed by atoms with van der Waals surface area (Å²) in [4.78, 5) is 26.8. The second-order valence-electron chi connectivity index (χ2n) is 5.42. The minimum absolute atomic E-state index is 0.222. The molecule has 1 aromatic carbocycles. The van der Waals surface area contributed by atoms with Gasteiger partial charge in [0, 0.05) is 37.6 Å². The maximum atomic E-state index is 11.2. The van der Waals surface area contributed by atoms with E-state index in [1.54, 1.807) is 12.5 Å². The summed E-state index contributed by atoms with van der Waals surface area (Å²) in [6.45, 7) is 1.31. The van der Waals surface area contributed by atoms with Crippen LogP contribution in [0.2, 0.25) is 0 Å². The number of imidazole rings is 1. The van der Waals surface area contributed by atoms with Crippen LogP contribution in [0.5, 0.6) is 0 Å². The largest absolute Gasteiger partial charge is 0.366 e. The first-order valence-electron chi connectivity index (χ1n) is 7.21. The lowest BCUT2D eigenvalue weighted by atomic mass is 10.0. The topological polar surface area (TPSA) is 107 Å². The molecule has 0 unspecified atom stereocenters. The van der Waals surface area contributed by atoms with Gasteiger partial charge in [-0.2, -0.15) is 0 Å². The van der Waals surface area contributed by atoms with Crippen LogP contribution in [-0.4, -0.2) is 32.5 Å². The minimum atomic E-state index is -0.623. The fraction of sp³-hybridized carbons (Fsp3) is 0.357. The standard InChI is InChI=1S/C14H15N5O4/c20-18(21)12-1-2-13(14(9-12)19(22)23)16-6-3-11(4-7-16)17-8-5-15-10-17/h1-2,5,8-11H,3-4,6-7H2. The van der Waals surface area contributed by atoms with Crippen LogP contribution in [0.15, 0.2) is 36.9 Å². The van der Waals surface area contributed by atoms with Gasteiger partial charge in [0.25, 0.3) is 11.4 Å². The van der Waals surface area contributed by atoms with E-state index < -0.39 is 9.85 Å². The number of nitro groups is 2. The molecule has 3 rings (SSSR count). The van der Waals surface area contributed by atoms with E-state index in [9.17, 15) is 20.2 Å². The lowest BCUT2D eigenvalue weighted by Crippen LogP contribution is -2.34. The Morgan fingerprint density at radius 3 is 2.43 bits per heavy atom. The summed E-state index contributed by atoms with van der Waals surface area (Å²) in [5, 5.41) is 22.0. The molecule has 0 amide bonds. The third kappa shape index (κ3) is 2.98. The Morgan fingerprint density at radius 2 is 1.87 bits per heavy atom. The number of non-ortho nitro benzene ring substituents is 1. The van der Waals surface area contributed by atoms with Crippen molar-refractivity contribution < 1.29 is 9.85 Å². The smallest absolute Gasteiger partial charge is 0.299 e. The number of nitrogens with zero attached hydrogens (tertiary/aromatic N) is 5. The van der Waals surface area contributed by atoms with Crippen molar-refractivity contribution in [1.82, 2.24) is 9.55 Å². The molecule has 0 bridgehead atoms. The zero-order chi connectivity index (χ0) is 16.4. The van der Waals surface area contributed by atoms with Gasteiger partial charge in [0.05, 0.1) is 22.2 Å². The maximum Gasteiger partial charge on any atom is 0.299 e. The SMILES string of the molecule is O=[N+]([O-])c1ccc(N2CCC(n3ccnc3)CC2)c([N+](=O)[O-])c1. The normalized spacial score (nSPS) is 15.6. The van der Waals surface area contributed by atoms with E-state index in [1.807, 2.05) is 15.7 Å². The van der Waals surface area contributed by atoms with Crippen molar-refractivity contribution in [2.45, 2.75) is 18.9 Å². The number of piperidine rings is 1. The molecular formula is C14H15N5O4. The second kappa shape index (κ2) is 6.03. The second-order valence-corrected chi connectivity index (χ2v) is 5.42. The average molecular weight is 317 g/mol. The van der Waals surface area contributed by atoms with Crippen molar-refractivity contribution in [3.8, 4) is 0 Å². The van der Waals surface area contributed by atoms with Crippen molar-refractivity contribution in [2.75, 3.05) is 18.0 Å². The number of hydrogen-bond acceptors (Lipinski definition) is 6. The molecule has 9 heteroatoms. The van der Waals surface area contributed by atoms with E-state index in [0.29, 0.717) is 24.8 Å². The quantitative estimate of drug-likeness (QED) is 0.633. The Labute approximate surface area is 131 Å². The highest BCUT2D eigenvalue weighted by atomic mass is 16.6. The minimum Gasteiger partial charge on any atom is -0.366 e. The van der Waals surface area contributed by atoms with E-state index in [2.05, 4.69) is 4.98 Å². The van der Waals surface area contributed by atoms with Crippen molar-refractivity contribution in [3.63, 3.8) is 0 Å². The molecule has 9 nitrogen and oxygen atoms in total. The van der Waals surface area contributed by atoms with Gasteiger partial charge >= 0.3 is 0 Å². The van der Waals surface area contributed by atoms with Gasteiger partial charge in [-0.25, -0.2) is 4.98 Å². The molecule has 1 aromatic heterocycles. The van der Waals surface area contributed by atoms with Crippen LogP contribution in [0.4, 0.5) is 17.1 Å². The Balaban J connectivity index is 1.80. The van der Waals surface area contributed by atoms with Gasteiger partial charge in [0.1, 0.15) is 5.69 Å². The molecule has 0 aliphatic carbocycles. The van der Waals surface area contributed by atoms with Crippen LogP contribution in [0.25, 0.3) is 0 Å². The fourth-order valence-electron chi connectivity index (χ4n) is 2.93. The number of rotatable bonds is 4. The van der Waals surface area contributed by atoms with Crippen molar-refractivity contribution in [1.29, 1.82) is 0 Å². The van der Waals surface area contributed by atoms with Gasteiger partial charge in [-0.1, -0.05) is 0 Å². The lowest BCUT2D eigenvalue weighted by Gasteiger charge is -2.33. The molecule has 1 aliphatic heterocycles. The fourth-order valence-corrected chi connectivity index (χ4v) is 2.93. The number of nitro benzene ring substituents is 2. The molecule has 2 aromatic rings. The third-order valence-corrected chi connectivity index (χ3v) is 4.12. The van der Waals surface area contributed by atoms with E-state index >= 15 is 0 Å². The highest BCUT2D eigenvalue weighted by Crippen LogP contribution is 2.35. The molecule has 0 atom stereocenters. The third-order valence-electron chi connectivity index (χ3n) is 4.12. The predicted molar refractivity (Wildman–Crippen MR) is 82.5 cm³/mol. The van der Waals surface area contributed by atoms with Crippen LogP contribution in [0.3, 0.4) is 0 Å². The highest BCUT2D eigenvalue weighted by molar-refractivity contribution is 5.67. The molecule has 0 spiro atoms. The first-order chi connectivity index (χ1) is 11.1. The number of anilines is 1. The summed E-state index contributed by atoms with van der Waals surface area (Å²) >= 11 is 0. The lowest BCUT2D eigenvalue weighted by molar-refractivity contribution is -0.393. The summed E-state index contributed by atoms with van der Waals surface area (Å²) in [6.07, 6.45) is 7.09. The maximum absolute atomic E-state index is 11.2.